The van der Waals surface area contributed by atoms with Crippen molar-refractivity contribution < 1.29 is 19.1 Å². The van der Waals surface area contributed by atoms with E-state index in [2.05, 4.69) is 0 Å². The predicted octanol–water partition coefficient (Wildman–Crippen LogP) is 1.90. The molecule has 2 aliphatic rings. The molecule has 0 spiro atoms. The van der Waals surface area contributed by atoms with Crippen LogP contribution in [0.5, 0.6) is 0 Å². The van der Waals surface area contributed by atoms with Crippen molar-refractivity contribution in [2.24, 2.45) is 17.3 Å². The first-order valence-electron chi connectivity index (χ1n) is 6.55. The van der Waals surface area contributed by atoms with E-state index in [1.54, 1.807) is 7.11 Å². The third-order valence-corrected chi connectivity index (χ3v) is 4.42. The average Bonchev–Trinajstić information content (AvgIpc) is 2.41. The van der Waals surface area contributed by atoms with Crippen molar-refractivity contribution in [1.82, 2.24) is 0 Å². The van der Waals surface area contributed by atoms with Gasteiger partial charge in [0.1, 0.15) is 0 Å². The minimum absolute atomic E-state index is 0.00860. The third kappa shape index (κ3) is 2.14. The number of Topliss-reactive ketones (excluding diaryl/α,β-unsaturated/α-hetero) is 1. The summed E-state index contributed by atoms with van der Waals surface area (Å²) in [5.74, 6) is -0.149. The minimum Gasteiger partial charge on any atom is -0.493 e. The van der Waals surface area contributed by atoms with Gasteiger partial charge in [-0.2, -0.15) is 0 Å². The molecule has 0 aromatic carbocycles. The molecule has 19 heavy (non-hydrogen) atoms. The molecule has 0 aromatic heterocycles. The van der Waals surface area contributed by atoms with Crippen molar-refractivity contribution in [2.45, 2.75) is 19.8 Å². The summed E-state index contributed by atoms with van der Waals surface area (Å²) in [5.41, 5.74) is -0.704. The van der Waals surface area contributed by atoms with E-state index >= 15 is 0 Å². The summed E-state index contributed by atoms with van der Waals surface area (Å²) >= 11 is 0. The number of ether oxygens (including phenoxy) is 2. The van der Waals surface area contributed by atoms with Crippen molar-refractivity contribution in [3.8, 4) is 0 Å². The molecule has 3 atom stereocenters. The zero-order valence-corrected chi connectivity index (χ0v) is 11.6. The topological polar surface area (TPSA) is 52.6 Å². The number of allylic oxidation sites excluding steroid dienone is 4. The number of methoxy groups -OCH3 is 2. The van der Waals surface area contributed by atoms with Crippen molar-refractivity contribution in [1.29, 1.82) is 0 Å². The second-order valence-corrected chi connectivity index (χ2v) is 5.33. The molecule has 2 rings (SSSR count). The molecule has 0 aliphatic heterocycles. The Kier molecular flexibility index (Phi) is 3.90. The molecule has 0 bridgehead atoms. The Morgan fingerprint density at radius 2 is 2.11 bits per heavy atom. The van der Waals surface area contributed by atoms with Crippen LogP contribution in [0.25, 0.3) is 0 Å². The van der Waals surface area contributed by atoms with E-state index in [4.69, 9.17) is 9.47 Å². The number of rotatable bonds is 4. The van der Waals surface area contributed by atoms with Crippen LogP contribution in [0.3, 0.4) is 0 Å². The molecule has 0 heterocycles. The largest absolute Gasteiger partial charge is 0.493 e. The van der Waals surface area contributed by atoms with Gasteiger partial charge in [0.05, 0.1) is 12.5 Å². The van der Waals surface area contributed by atoms with Crippen LogP contribution in [-0.2, 0) is 19.1 Å². The molecule has 0 saturated carbocycles. The molecule has 0 fully saturated rings. The molecule has 104 valence electrons. The average molecular weight is 264 g/mol. The summed E-state index contributed by atoms with van der Waals surface area (Å²) in [6.45, 7) is 2.46. The lowest BCUT2D eigenvalue weighted by molar-refractivity contribution is -0.142. The maximum atomic E-state index is 12.6. The fourth-order valence-corrected chi connectivity index (χ4v) is 3.17. The first kappa shape index (κ1) is 14.0. The second kappa shape index (κ2) is 5.29. The van der Waals surface area contributed by atoms with E-state index in [0.717, 1.165) is 6.42 Å². The molecule has 2 aliphatic carbocycles. The van der Waals surface area contributed by atoms with Crippen LogP contribution in [0, 0.1) is 17.3 Å². The summed E-state index contributed by atoms with van der Waals surface area (Å²) in [7, 11) is 3.07. The summed E-state index contributed by atoms with van der Waals surface area (Å²) < 4.78 is 10.2. The van der Waals surface area contributed by atoms with Gasteiger partial charge < -0.3 is 9.47 Å². The van der Waals surface area contributed by atoms with Crippen LogP contribution >= 0.6 is 0 Å². The van der Waals surface area contributed by atoms with Gasteiger partial charge in [0.2, 0.25) is 5.78 Å². The maximum Gasteiger partial charge on any atom is 0.204 e. The fraction of sp³-hybridized carbons (Fsp3) is 0.600. The smallest absolute Gasteiger partial charge is 0.204 e. The van der Waals surface area contributed by atoms with Gasteiger partial charge in [-0.25, -0.2) is 0 Å². The second-order valence-electron chi connectivity index (χ2n) is 5.33. The number of hydrogen-bond donors (Lipinski definition) is 0. The lowest BCUT2D eigenvalue weighted by Gasteiger charge is -2.44. The number of hydrogen-bond acceptors (Lipinski definition) is 4. The molecule has 2 unspecified atom stereocenters. The molecule has 0 aromatic rings. The van der Waals surface area contributed by atoms with E-state index in [0.29, 0.717) is 13.0 Å². The zero-order chi connectivity index (χ0) is 14.0. The third-order valence-electron chi connectivity index (χ3n) is 4.42. The van der Waals surface area contributed by atoms with E-state index in [1.807, 2.05) is 19.1 Å². The van der Waals surface area contributed by atoms with E-state index < -0.39 is 5.41 Å². The van der Waals surface area contributed by atoms with Crippen molar-refractivity contribution in [2.75, 3.05) is 20.8 Å². The molecule has 0 amide bonds. The standard InChI is InChI=1S/C15H20O4/c1-15-10(7-8-18-2)5-4-6-11(15)12(16)9-13(19-3)14(15)17/h4-5,9-11H,6-8H2,1-3H3/t10?,11?,15-/m0/s1. The quantitative estimate of drug-likeness (QED) is 0.728. The highest BCUT2D eigenvalue weighted by Crippen LogP contribution is 2.48. The summed E-state index contributed by atoms with van der Waals surface area (Å²) in [5, 5.41) is 0. The number of fused-ring (bicyclic) bond motifs is 1. The van der Waals surface area contributed by atoms with Crippen LogP contribution in [0.4, 0.5) is 0 Å². The van der Waals surface area contributed by atoms with Gasteiger partial charge in [-0.1, -0.05) is 19.1 Å². The first-order chi connectivity index (χ1) is 9.05. The van der Waals surface area contributed by atoms with Gasteiger partial charge >= 0.3 is 0 Å². The molecular formula is C15H20O4. The maximum absolute atomic E-state index is 12.6. The number of ketones is 2. The van der Waals surface area contributed by atoms with Gasteiger partial charge in [-0.15, -0.1) is 0 Å². The van der Waals surface area contributed by atoms with Gasteiger partial charge in [0.15, 0.2) is 11.5 Å². The Bertz CT molecular complexity index is 449. The molecule has 0 radical (unpaired) electrons. The fourth-order valence-electron chi connectivity index (χ4n) is 3.17. The highest BCUT2D eigenvalue weighted by Gasteiger charge is 2.53. The lowest BCUT2D eigenvalue weighted by Crippen LogP contribution is -2.50. The monoisotopic (exact) mass is 264 g/mol. The van der Waals surface area contributed by atoms with Crippen molar-refractivity contribution >= 4 is 11.6 Å². The molecule has 0 saturated heterocycles. The minimum atomic E-state index is -0.704. The van der Waals surface area contributed by atoms with Gasteiger partial charge in [-0.3, -0.25) is 9.59 Å². The predicted molar refractivity (Wildman–Crippen MR) is 70.4 cm³/mol. The van der Waals surface area contributed by atoms with Gasteiger partial charge in [0, 0.05) is 25.7 Å². The number of carbonyl (C=O) groups excluding carboxylic acids is 2. The summed E-state index contributed by atoms with van der Waals surface area (Å²) in [6.07, 6.45) is 6.75. The Balaban J connectivity index is 2.39. The molecular weight excluding hydrogens is 244 g/mol. The van der Waals surface area contributed by atoms with Crippen LogP contribution in [0.2, 0.25) is 0 Å². The Morgan fingerprint density at radius 1 is 1.37 bits per heavy atom. The Labute approximate surface area is 113 Å². The summed E-state index contributed by atoms with van der Waals surface area (Å²) in [4.78, 5) is 24.8. The Hall–Kier alpha value is -1.42. The van der Waals surface area contributed by atoms with Crippen molar-refractivity contribution in [3.63, 3.8) is 0 Å². The van der Waals surface area contributed by atoms with E-state index in [1.165, 1.54) is 13.2 Å². The lowest BCUT2D eigenvalue weighted by atomic mass is 9.57. The van der Waals surface area contributed by atoms with Crippen LogP contribution in [-0.4, -0.2) is 32.4 Å². The Morgan fingerprint density at radius 3 is 2.74 bits per heavy atom. The van der Waals surface area contributed by atoms with Crippen LogP contribution in [0.15, 0.2) is 24.0 Å². The first-order valence-corrected chi connectivity index (χ1v) is 6.55. The highest BCUT2D eigenvalue weighted by atomic mass is 16.5. The summed E-state index contributed by atoms with van der Waals surface area (Å²) in [6, 6.07) is 0. The highest BCUT2D eigenvalue weighted by molar-refractivity contribution is 6.11. The zero-order valence-electron chi connectivity index (χ0n) is 11.6. The molecule has 4 nitrogen and oxygen atoms in total. The number of carbonyl (C=O) groups is 2. The van der Waals surface area contributed by atoms with Crippen LogP contribution < -0.4 is 0 Å². The SMILES string of the molecule is COCCC1C=CCC2C(=O)C=C(OC)C(=O)[C@@]12C. The molecule has 4 heteroatoms. The normalized spacial score (nSPS) is 33.9. The van der Waals surface area contributed by atoms with Crippen LogP contribution in [0.1, 0.15) is 19.8 Å². The van der Waals surface area contributed by atoms with Gasteiger partial charge in [-0.05, 0) is 18.8 Å². The van der Waals surface area contributed by atoms with Crippen molar-refractivity contribution in [3.05, 3.63) is 24.0 Å². The van der Waals surface area contributed by atoms with E-state index in [-0.39, 0.29) is 29.2 Å². The van der Waals surface area contributed by atoms with E-state index in [9.17, 15) is 9.59 Å². The van der Waals surface area contributed by atoms with Gasteiger partial charge in [0.25, 0.3) is 0 Å². The molecule has 0 N–H and O–H groups in total.